The Bertz CT molecular complexity index is 807. The number of carbonyl (C=O) groups excluding carboxylic acids is 2. The van der Waals surface area contributed by atoms with E-state index in [0.717, 1.165) is 5.69 Å². The standard InChI is InChI=1S/C20H21FN2O3/c1-13(17-5-3-4-6-18(17)21)22-20(25)14-11-19(24)23(12-14)15-7-9-16(26-2)10-8-15/h3-10,13-14H,11-12H2,1-2H3,(H,22,25). The SMILES string of the molecule is COc1ccc(N2CC(C(=O)NC(C)c3ccccc3F)CC2=O)cc1. The molecule has 136 valence electrons. The van der Waals surface area contributed by atoms with Crippen LogP contribution in [0.4, 0.5) is 10.1 Å². The number of rotatable bonds is 5. The van der Waals surface area contributed by atoms with Gasteiger partial charge in [-0.3, -0.25) is 9.59 Å². The third-order valence-corrected chi connectivity index (χ3v) is 4.61. The molecule has 0 bridgehead atoms. The maximum atomic E-state index is 13.9. The highest BCUT2D eigenvalue weighted by Gasteiger charge is 2.35. The van der Waals surface area contributed by atoms with E-state index in [4.69, 9.17) is 4.74 Å². The predicted octanol–water partition coefficient (Wildman–Crippen LogP) is 3.06. The van der Waals surface area contributed by atoms with Crippen LogP contribution in [0.15, 0.2) is 48.5 Å². The van der Waals surface area contributed by atoms with Crippen molar-refractivity contribution in [2.45, 2.75) is 19.4 Å². The predicted molar refractivity (Wildman–Crippen MR) is 96.4 cm³/mol. The molecule has 3 rings (SSSR count). The number of ether oxygens (including phenoxy) is 1. The van der Waals surface area contributed by atoms with Crippen molar-refractivity contribution >= 4 is 17.5 Å². The Morgan fingerprint density at radius 2 is 1.92 bits per heavy atom. The zero-order valence-corrected chi connectivity index (χ0v) is 14.7. The second-order valence-electron chi connectivity index (χ2n) is 6.36. The molecular formula is C20H21FN2O3. The topological polar surface area (TPSA) is 58.6 Å². The Morgan fingerprint density at radius 1 is 1.23 bits per heavy atom. The summed E-state index contributed by atoms with van der Waals surface area (Å²) in [5.74, 6) is -0.464. The van der Waals surface area contributed by atoms with E-state index in [0.29, 0.717) is 17.9 Å². The molecular weight excluding hydrogens is 335 g/mol. The number of anilines is 1. The molecule has 2 aromatic rings. The number of methoxy groups -OCH3 is 1. The summed E-state index contributed by atoms with van der Waals surface area (Å²) in [4.78, 5) is 26.4. The van der Waals surface area contributed by atoms with E-state index in [-0.39, 0.29) is 24.1 Å². The number of halogens is 1. The van der Waals surface area contributed by atoms with Gasteiger partial charge >= 0.3 is 0 Å². The Balaban J connectivity index is 1.66. The molecule has 2 amide bonds. The van der Waals surface area contributed by atoms with Gasteiger partial charge in [0.2, 0.25) is 11.8 Å². The van der Waals surface area contributed by atoms with Crippen molar-refractivity contribution in [3.8, 4) is 5.75 Å². The fraction of sp³-hybridized carbons (Fsp3) is 0.300. The highest BCUT2D eigenvalue weighted by Crippen LogP contribution is 2.27. The molecule has 0 aliphatic carbocycles. The van der Waals surface area contributed by atoms with Gasteiger partial charge in [0.05, 0.1) is 19.1 Å². The first kappa shape index (κ1) is 17.9. The maximum absolute atomic E-state index is 13.9. The lowest BCUT2D eigenvalue weighted by Gasteiger charge is -2.19. The van der Waals surface area contributed by atoms with E-state index in [2.05, 4.69) is 5.32 Å². The van der Waals surface area contributed by atoms with Crippen LogP contribution in [-0.4, -0.2) is 25.5 Å². The van der Waals surface area contributed by atoms with Crippen LogP contribution in [-0.2, 0) is 9.59 Å². The summed E-state index contributed by atoms with van der Waals surface area (Å²) in [6.45, 7) is 2.04. The average molecular weight is 356 g/mol. The molecule has 0 saturated carbocycles. The maximum Gasteiger partial charge on any atom is 0.227 e. The van der Waals surface area contributed by atoms with Gasteiger partial charge in [-0.1, -0.05) is 18.2 Å². The smallest absolute Gasteiger partial charge is 0.227 e. The molecule has 0 aromatic heterocycles. The Labute approximate surface area is 151 Å². The zero-order valence-electron chi connectivity index (χ0n) is 14.7. The molecule has 26 heavy (non-hydrogen) atoms. The second-order valence-corrected chi connectivity index (χ2v) is 6.36. The molecule has 1 N–H and O–H groups in total. The minimum atomic E-state index is -0.464. The lowest BCUT2D eigenvalue weighted by molar-refractivity contribution is -0.126. The van der Waals surface area contributed by atoms with Crippen LogP contribution in [0, 0.1) is 11.7 Å². The minimum absolute atomic E-state index is 0.103. The van der Waals surface area contributed by atoms with Gasteiger partial charge in [-0.25, -0.2) is 4.39 Å². The van der Waals surface area contributed by atoms with Crippen LogP contribution >= 0.6 is 0 Å². The third kappa shape index (κ3) is 3.69. The summed E-state index contributed by atoms with van der Waals surface area (Å²) in [6, 6.07) is 13.0. The molecule has 1 fully saturated rings. The molecule has 0 spiro atoms. The third-order valence-electron chi connectivity index (χ3n) is 4.61. The van der Waals surface area contributed by atoms with Crippen molar-refractivity contribution in [3.05, 3.63) is 59.9 Å². The van der Waals surface area contributed by atoms with Crippen LogP contribution in [0.1, 0.15) is 24.9 Å². The molecule has 6 heteroatoms. The number of hydrogen-bond donors (Lipinski definition) is 1. The van der Waals surface area contributed by atoms with Gasteiger partial charge in [0.1, 0.15) is 11.6 Å². The highest BCUT2D eigenvalue weighted by molar-refractivity contribution is 6.00. The van der Waals surface area contributed by atoms with Gasteiger partial charge in [-0.2, -0.15) is 0 Å². The van der Waals surface area contributed by atoms with Gasteiger partial charge in [0.25, 0.3) is 0 Å². The zero-order chi connectivity index (χ0) is 18.7. The first-order valence-electron chi connectivity index (χ1n) is 8.49. The summed E-state index contributed by atoms with van der Waals surface area (Å²) in [7, 11) is 1.58. The first-order valence-corrected chi connectivity index (χ1v) is 8.49. The van der Waals surface area contributed by atoms with Crippen LogP contribution in [0.25, 0.3) is 0 Å². The van der Waals surface area contributed by atoms with Gasteiger partial charge in [-0.15, -0.1) is 0 Å². The van der Waals surface area contributed by atoms with Crippen LogP contribution in [0.2, 0.25) is 0 Å². The lowest BCUT2D eigenvalue weighted by Crippen LogP contribution is -2.34. The average Bonchev–Trinajstić information content (AvgIpc) is 3.04. The molecule has 0 radical (unpaired) electrons. The fourth-order valence-corrected chi connectivity index (χ4v) is 3.13. The van der Waals surface area contributed by atoms with E-state index in [9.17, 15) is 14.0 Å². The second kappa shape index (κ2) is 7.56. The Hall–Kier alpha value is -2.89. The van der Waals surface area contributed by atoms with Crippen LogP contribution in [0.5, 0.6) is 5.75 Å². The molecule has 1 saturated heterocycles. The number of nitrogens with zero attached hydrogens (tertiary/aromatic N) is 1. The number of nitrogens with one attached hydrogen (secondary N) is 1. The van der Waals surface area contributed by atoms with Crippen molar-refractivity contribution < 1.29 is 18.7 Å². The highest BCUT2D eigenvalue weighted by atomic mass is 19.1. The lowest BCUT2D eigenvalue weighted by atomic mass is 10.0. The molecule has 2 aromatic carbocycles. The van der Waals surface area contributed by atoms with Gasteiger partial charge in [0.15, 0.2) is 0 Å². The summed E-state index contributed by atoms with van der Waals surface area (Å²) >= 11 is 0. The largest absolute Gasteiger partial charge is 0.497 e. The fourth-order valence-electron chi connectivity index (χ4n) is 3.13. The van der Waals surface area contributed by atoms with Crippen LogP contribution < -0.4 is 15.0 Å². The molecule has 1 aliphatic rings. The summed E-state index contributed by atoms with van der Waals surface area (Å²) in [5.41, 5.74) is 1.16. The van der Waals surface area contributed by atoms with Crippen molar-refractivity contribution in [1.29, 1.82) is 0 Å². The van der Waals surface area contributed by atoms with E-state index in [1.165, 1.54) is 6.07 Å². The van der Waals surface area contributed by atoms with Crippen LogP contribution in [0.3, 0.4) is 0 Å². The Morgan fingerprint density at radius 3 is 2.58 bits per heavy atom. The number of hydrogen-bond acceptors (Lipinski definition) is 3. The summed E-state index contributed by atoms with van der Waals surface area (Å²) in [6.07, 6.45) is 0.141. The van der Waals surface area contributed by atoms with Crippen molar-refractivity contribution in [2.24, 2.45) is 5.92 Å². The van der Waals surface area contributed by atoms with Crippen molar-refractivity contribution in [2.75, 3.05) is 18.6 Å². The van der Waals surface area contributed by atoms with Gasteiger partial charge < -0.3 is 15.0 Å². The minimum Gasteiger partial charge on any atom is -0.497 e. The summed E-state index contributed by atoms with van der Waals surface area (Å²) < 4.78 is 19.0. The normalized spacial score (nSPS) is 17.9. The monoisotopic (exact) mass is 356 g/mol. The molecule has 2 atom stereocenters. The first-order chi connectivity index (χ1) is 12.5. The van der Waals surface area contributed by atoms with E-state index in [1.54, 1.807) is 61.4 Å². The summed E-state index contributed by atoms with van der Waals surface area (Å²) in [5, 5.41) is 2.81. The molecule has 1 aliphatic heterocycles. The number of amides is 2. The van der Waals surface area contributed by atoms with Gasteiger partial charge in [-0.05, 0) is 37.3 Å². The van der Waals surface area contributed by atoms with E-state index >= 15 is 0 Å². The van der Waals surface area contributed by atoms with E-state index < -0.39 is 12.0 Å². The quantitative estimate of drug-likeness (QED) is 0.896. The van der Waals surface area contributed by atoms with E-state index in [1.807, 2.05) is 0 Å². The molecule has 5 nitrogen and oxygen atoms in total. The van der Waals surface area contributed by atoms with Crippen molar-refractivity contribution in [1.82, 2.24) is 5.32 Å². The molecule has 1 heterocycles. The Kier molecular flexibility index (Phi) is 5.21. The van der Waals surface area contributed by atoms with Gasteiger partial charge in [0, 0.05) is 24.2 Å². The number of benzene rings is 2. The van der Waals surface area contributed by atoms with Crippen molar-refractivity contribution in [3.63, 3.8) is 0 Å². The number of carbonyl (C=O) groups is 2. The molecule has 2 unspecified atom stereocenters.